The molecule has 0 aliphatic carbocycles. The number of Topliss-reactive ketones (excluding diaryl/α,β-unsaturated/α-hetero) is 1. The number of aromatic nitrogens is 1. The van der Waals surface area contributed by atoms with Gasteiger partial charge in [0.05, 0.1) is 0 Å². The molecule has 1 aromatic carbocycles. The summed E-state index contributed by atoms with van der Waals surface area (Å²) in [5, 5.41) is 2.89. The van der Waals surface area contributed by atoms with Crippen LogP contribution in [-0.4, -0.2) is 29.8 Å². The molecule has 0 spiro atoms. The third-order valence-corrected chi connectivity index (χ3v) is 4.40. The quantitative estimate of drug-likeness (QED) is 0.789. The Hall–Kier alpha value is -2.69. The number of ketones is 1. The van der Waals surface area contributed by atoms with Gasteiger partial charge in [0.2, 0.25) is 5.91 Å². The van der Waals surface area contributed by atoms with Gasteiger partial charge in [-0.2, -0.15) is 0 Å². The van der Waals surface area contributed by atoms with E-state index in [1.807, 2.05) is 30.3 Å². The van der Waals surface area contributed by atoms with E-state index in [0.29, 0.717) is 12.1 Å². The van der Waals surface area contributed by atoms with Crippen molar-refractivity contribution in [1.82, 2.24) is 10.3 Å². The van der Waals surface area contributed by atoms with E-state index in [0.717, 1.165) is 24.5 Å². The lowest BCUT2D eigenvalue weighted by molar-refractivity contribution is -0.121. The highest BCUT2D eigenvalue weighted by Gasteiger charge is 2.14. The van der Waals surface area contributed by atoms with Gasteiger partial charge >= 0.3 is 0 Å². The van der Waals surface area contributed by atoms with Gasteiger partial charge in [-0.3, -0.25) is 9.59 Å². The second-order valence-electron chi connectivity index (χ2n) is 6.28. The van der Waals surface area contributed by atoms with E-state index in [1.165, 1.54) is 12.8 Å². The van der Waals surface area contributed by atoms with E-state index in [4.69, 9.17) is 0 Å². The fraction of sp³-hybridized carbons (Fsp3) is 0.350. The number of amides is 1. The zero-order valence-electron chi connectivity index (χ0n) is 14.3. The second-order valence-corrected chi connectivity index (χ2v) is 6.28. The van der Waals surface area contributed by atoms with Gasteiger partial charge in [0.25, 0.3) is 0 Å². The van der Waals surface area contributed by atoms with Crippen LogP contribution >= 0.6 is 0 Å². The smallest absolute Gasteiger partial charge is 0.220 e. The Bertz CT molecular complexity index is 725. The van der Waals surface area contributed by atoms with Crippen LogP contribution in [0.1, 0.15) is 41.6 Å². The van der Waals surface area contributed by atoms with Crippen LogP contribution in [0.3, 0.4) is 0 Å². The van der Waals surface area contributed by atoms with E-state index in [-0.39, 0.29) is 24.5 Å². The number of nitrogens with one attached hydrogen (secondary N) is 1. The van der Waals surface area contributed by atoms with Crippen LogP contribution in [-0.2, 0) is 11.3 Å². The summed E-state index contributed by atoms with van der Waals surface area (Å²) >= 11 is 0. The van der Waals surface area contributed by atoms with Gasteiger partial charge in [-0.15, -0.1) is 0 Å². The molecule has 130 valence electrons. The first kappa shape index (κ1) is 17.1. The van der Waals surface area contributed by atoms with E-state index in [9.17, 15) is 9.59 Å². The van der Waals surface area contributed by atoms with Crippen LogP contribution in [0.4, 0.5) is 5.82 Å². The Labute approximate surface area is 148 Å². The first-order valence-electron chi connectivity index (χ1n) is 8.77. The fourth-order valence-electron chi connectivity index (χ4n) is 2.97. The van der Waals surface area contributed by atoms with E-state index in [1.54, 1.807) is 18.3 Å². The number of carbonyl (C=O) groups is 2. The van der Waals surface area contributed by atoms with Crippen molar-refractivity contribution in [3.63, 3.8) is 0 Å². The Morgan fingerprint density at radius 2 is 1.80 bits per heavy atom. The molecule has 5 heteroatoms. The molecule has 0 radical (unpaired) electrons. The van der Waals surface area contributed by atoms with Crippen LogP contribution in [0, 0.1) is 0 Å². The second kappa shape index (κ2) is 8.42. The van der Waals surface area contributed by atoms with Crippen molar-refractivity contribution in [2.24, 2.45) is 0 Å². The van der Waals surface area contributed by atoms with E-state index >= 15 is 0 Å². The highest BCUT2D eigenvalue weighted by atomic mass is 16.2. The minimum Gasteiger partial charge on any atom is -0.357 e. The number of carbonyl (C=O) groups excluding carboxylic acids is 2. The largest absolute Gasteiger partial charge is 0.357 e. The lowest BCUT2D eigenvalue weighted by atomic mass is 10.1. The van der Waals surface area contributed by atoms with Crippen LogP contribution in [0.5, 0.6) is 0 Å². The number of hydrogen-bond donors (Lipinski definition) is 1. The Kier molecular flexibility index (Phi) is 5.77. The molecule has 0 unspecified atom stereocenters. The van der Waals surface area contributed by atoms with Crippen molar-refractivity contribution in [2.75, 3.05) is 18.0 Å². The Morgan fingerprint density at radius 1 is 1.04 bits per heavy atom. The summed E-state index contributed by atoms with van der Waals surface area (Å²) in [4.78, 5) is 30.7. The van der Waals surface area contributed by atoms with Crippen molar-refractivity contribution < 1.29 is 9.59 Å². The minimum absolute atomic E-state index is 0.00372. The molecule has 25 heavy (non-hydrogen) atoms. The van der Waals surface area contributed by atoms with Gasteiger partial charge in [0.15, 0.2) is 5.78 Å². The molecule has 5 nitrogen and oxygen atoms in total. The van der Waals surface area contributed by atoms with Crippen molar-refractivity contribution in [3.05, 3.63) is 59.8 Å². The Balaban J connectivity index is 1.46. The Morgan fingerprint density at radius 3 is 2.56 bits per heavy atom. The molecule has 1 aliphatic heterocycles. The van der Waals surface area contributed by atoms with Crippen LogP contribution in [0.2, 0.25) is 0 Å². The normalized spacial score (nSPS) is 13.7. The summed E-state index contributed by atoms with van der Waals surface area (Å²) in [6.07, 6.45) is 4.63. The van der Waals surface area contributed by atoms with Gasteiger partial charge in [-0.25, -0.2) is 4.98 Å². The number of anilines is 1. The molecule has 3 rings (SSSR count). The summed E-state index contributed by atoms with van der Waals surface area (Å²) in [6, 6.07) is 13.0. The van der Waals surface area contributed by atoms with Crippen molar-refractivity contribution in [2.45, 2.75) is 32.2 Å². The van der Waals surface area contributed by atoms with Gasteiger partial charge in [0.1, 0.15) is 5.82 Å². The third-order valence-electron chi connectivity index (χ3n) is 4.40. The SMILES string of the molecule is O=C(CCC(=O)c1ccccc1)NCc1ccnc(N2CCCC2)c1. The summed E-state index contributed by atoms with van der Waals surface area (Å²) in [7, 11) is 0. The predicted octanol–water partition coefficient (Wildman–Crippen LogP) is 2.96. The monoisotopic (exact) mass is 337 g/mol. The highest BCUT2D eigenvalue weighted by Crippen LogP contribution is 2.18. The molecule has 2 aromatic rings. The summed E-state index contributed by atoms with van der Waals surface area (Å²) < 4.78 is 0. The number of rotatable bonds is 7. The van der Waals surface area contributed by atoms with Crippen molar-refractivity contribution in [1.29, 1.82) is 0 Å². The molecular weight excluding hydrogens is 314 g/mol. The van der Waals surface area contributed by atoms with Gasteiger partial charge < -0.3 is 10.2 Å². The third kappa shape index (κ3) is 4.89. The minimum atomic E-state index is -0.108. The van der Waals surface area contributed by atoms with Crippen LogP contribution in [0.25, 0.3) is 0 Å². The average Bonchev–Trinajstić information content (AvgIpc) is 3.20. The summed E-state index contributed by atoms with van der Waals surface area (Å²) in [6.45, 7) is 2.55. The molecule has 1 aliphatic rings. The predicted molar refractivity (Wildman–Crippen MR) is 97.5 cm³/mol. The molecule has 0 saturated carbocycles. The maximum absolute atomic E-state index is 12.0. The molecule has 0 bridgehead atoms. The molecule has 1 N–H and O–H groups in total. The van der Waals surface area contributed by atoms with Gasteiger partial charge in [-0.1, -0.05) is 30.3 Å². The summed E-state index contributed by atoms with van der Waals surface area (Å²) in [5.41, 5.74) is 1.68. The zero-order valence-corrected chi connectivity index (χ0v) is 14.3. The number of hydrogen-bond acceptors (Lipinski definition) is 4. The topological polar surface area (TPSA) is 62.3 Å². The average molecular weight is 337 g/mol. The lowest BCUT2D eigenvalue weighted by Crippen LogP contribution is -2.24. The van der Waals surface area contributed by atoms with Gasteiger partial charge in [0, 0.05) is 44.2 Å². The first-order chi connectivity index (χ1) is 12.2. The van der Waals surface area contributed by atoms with E-state index in [2.05, 4.69) is 15.2 Å². The number of nitrogens with zero attached hydrogens (tertiary/aromatic N) is 2. The molecule has 1 fully saturated rings. The van der Waals surface area contributed by atoms with Gasteiger partial charge in [-0.05, 0) is 30.5 Å². The first-order valence-corrected chi connectivity index (χ1v) is 8.77. The maximum Gasteiger partial charge on any atom is 0.220 e. The molecule has 2 heterocycles. The van der Waals surface area contributed by atoms with Crippen LogP contribution < -0.4 is 10.2 Å². The standard InChI is InChI=1S/C20H23N3O2/c24-18(17-6-2-1-3-7-17)8-9-20(25)22-15-16-10-11-21-19(14-16)23-12-4-5-13-23/h1-3,6-7,10-11,14H,4-5,8-9,12-13,15H2,(H,22,25). The number of benzene rings is 1. The zero-order chi connectivity index (χ0) is 17.5. The van der Waals surface area contributed by atoms with Crippen LogP contribution in [0.15, 0.2) is 48.7 Å². The molecule has 1 aromatic heterocycles. The molecule has 1 amide bonds. The molecular formula is C20H23N3O2. The fourth-order valence-corrected chi connectivity index (χ4v) is 2.97. The van der Waals surface area contributed by atoms with E-state index < -0.39 is 0 Å². The summed E-state index contributed by atoms with van der Waals surface area (Å²) in [5.74, 6) is 0.864. The molecule has 0 atom stereocenters. The maximum atomic E-state index is 12.0. The lowest BCUT2D eigenvalue weighted by Gasteiger charge is -2.17. The van der Waals surface area contributed by atoms with Crippen molar-refractivity contribution in [3.8, 4) is 0 Å². The highest BCUT2D eigenvalue weighted by molar-refractivity contribution is 5.97. The van der Waals surface area contributed by atoms with Crippen molar-refractivity contribution >= 4 is 17.5 Å². The number of pyridine rings is 1. The molecule has 1 saturated heterocycles.